The summed E-state index contributed by atoms with van der Waals surface area (Å²) in [7, 11) is 0. The van der Waals surface area contributed by atoms with E-state index in [0.717, 1.165) is 19.3 Å². The number of imide groups is 1. The van der Waals surface area contributed by atoms with Crippen LogP contribution >= 0.6 is 0 Å². The number of amides is 3. The van der Waals surface area contributed by atoms with Crippen LogP contribution in [-0.4, -0.2) is 40.4 Å². The number of rotatable bonds is 4. The Labute approximate surface area is 118 Å². The van der Waals surface area contributed by atoms with Gasteiger partial charge in [-0.3, -0.25) is 9.69 Å². The fourth-order valence-electron chi connectivity index (χ4n) is 3.23. The van der Waals surface area contributed by atoms with E-state index in [4.69, 9.17) is 10.5 Å². The molecule has 1 spiro atoms. The van der Waals surface area contributed by atoms with Gasteiger partial charge < -0.3 is 4.90 Å². The third kappa shape index (κ3) is 2.22. The van der Waals surface area contributed by atoms with Crippen molar-refractivity contribution in [3.63, 3.8) is 0 Å². The Kier molecular flexibility index (Phi) is 4.24. The largest absolute Gasteiger partial charge is 0.327 e. The molecule has 0 aromatic carbocycles. The van der Waals surface area contributed by atoms with E-state index in [1.165, 1.54) is 4.90 Å². The molecule has 1 aliphatic heterocycles. The fraction of sp³-hybridized carbons (Fsp3) is 0.714. The van der Waals surface area contributed by atoms with Gasteiger partial charge in [-0.25, -0.2) is 4.79 Å². The van der Waals surface area contributed by atoms with Gasteiger partial charge in [0.05, 0.1) is 25.0 Å². The first kappa shape index (κ1) is 14.3. The molecule has 6 nitrogen and oxygen atoms in total. The molecule has 106 valence electrons. The number of nitriles is 2. The van der Waals surface area contributed by atoms with Crippen molar-refractivity contribution in [3.8, 4) is 12.1 Å². The van der Waals surface area contributed by atoms with Crippen molar-refractivity contribution in [3.05, 3.63) is 0 Å². The van der Waals surface area contributed by atoms with Gasteiger partial charge in [0.25, 0.3) is 5.91 Å². The number of urea groups is 1. The SMILES string of the molecule is N#CCCN1C(=O)N(CCC#N)C2(CCCCC2)C1=O. The highest BCUT2D eigenvalue weighted by molar-refractivity contribution is 6.07. The van der Waals surface area contributed by atoms with Gasteiger partial charge in [-0.1, -0.05) is 19.3 Å². The molecule has 0 unspecified atom stereocenters. The van der Waals surface area contributed by atoms with Gasteiger partial charge in [-0.15, -0.1) is 0 Å². The average molecular weight is 274 g/mol. The van der Waals surface area contributed by atoms with Gasteiger partial charge >= 0.3 is 6.03 Å². The monoisotopic (exact) mass is 274 g/mol. The third-order valence-corrected chi connectivity index (χ3v) is 4.20. The molecular formula is C14H18N4O2. The summed E-state index contributed by atoms with van der Waals surface area (Å²) in [5.74, 6) is -0.171. The number of carbonyl (C=O) groups is 2. The van der Waals surface area contributed by atoms with Crippen molar-refractivity contribution in [2.75, 3.05) is 13.1 Å². The van der Waals surface area contributed by atoms with E-state index in [1.807, 2.05) is 12.1 Å². The van der Waals surface area contributed by atoms with Crippen LogP contribution in [0.2, 0.25) is 0 Å². The first-order chi connectivity index (χ1) is 9.67. The zero-order valence-electron chi connectivity index (χ0n) is 11.5. The third-order valence-electron chi connectivity index (χ3n) is 4.20. The number of nitrogens with zero attached hydrogens (tertiary/aromatic N) is 4. The zero-order chi connectivity index (χ0) is 14.6. The Bertz CT molecular complexity index is 482. The Hall–Kier alpha value is -2.08. The topological polar surface area (TPSA) is 88.2 Å². The molecule has 0 bridgehead atoms. The Morgan fingerprint density at radius 1 is 1.00 bits per heavy atom. The second-order valence-corrected chi connectivity index (χ2v) is 5.30. The summed E-state index contributed by atoms with van der Waals surface area (Å²) in [6.45, 7) is 0.448. The lowest BCUT2D eigenvalue weighted by Gasteiger charge is -2.37. The maximum absolute atomic E-state index is 12.6. The van der Waals surface area contributed by atoms with E-state index in [2.05, 4.69) is 0 Å². The lowest BCUT2D eigenvalue weighted by Crippen LogP contribution is -2.51. The molecule has 0 aromatic rings. The summed E-state index contributed by atoms with van der Waals surface area (Å²) >= 11 is 0. The van der Waals surface area contributed by atoms with E-state index < -0.39 is 5.54 Å². The molecule has 2 rings (SSSR count). The van der Waals surface area contributed by atoms with Crippen LogP contribution < -0.4 is 0 Å². The van der Waals surface area contributed by atoms with Gasteiger partial charge in [0.2, 0.25) is 0 Å². The number of hydrogen-bond donors (Lipinski definition) is 0. The molecule has 1 saturated carbocycles. The Morgan fingerprint density at radius 3 is 2.20 bits per heavy atom. The minimum atomic E-state index is -0.748. The normalized spacial score (nSPS) is 21.1. The summed E-state index contributed by atoms with van der Waals surface area (Å²) < 4.78 is 0. The van der Waals surface area contributed by atoms with Crippen molar-refractivity contribution in [2.24, 2.45) is 0 Å². The summed E-state index contributed by atoms with van der Waals surface area (Å²) in [4.78, 5) is 27.8. The summed E-state index contributed by atoms with van der Waals surface area (Å²) in [6.07, 6.45) is 4.65. The fourth-order valence-corrected chi connectivity index (χ4v) is 3.23. The number of hydrogen-bond acceptors (Lipinski definition) is 4. The van der Waals surface area contributed by atoms with Crippen molar-refractivity contribution < 1.29 is 9.59 Å². The predicted molar refractivity (Wildman–Crippen MR) is 70.1 cm³/mol. The molecule has 0 atom stereocenters. The Balaban J connectivity index is 2.26. The molecular weight excluding hydrogens is 256 g/mol. The molecule has 2 fully saturated rings. The minimum Gasteiger partial charge on any atom is -0.308 e. The van der Waals surface area contributed by atoms with E-state index in [1.54, 1.807) is 4.90 Å². The van der Waals surface area contributed by atoms with Crippen LogP contribution in [0.4, 0.5) is 4.79 Å². The van der Waals surface area contributed by atoms with Crippen LogP contribution in [0.1, 0.15) is 44.9 Å². The lowest BCUT2D eigenvalue weighted by molar-refractivity contribution is -0.134. The molecule has 1 saturated heterocycles. The molecule has 0 aromatic heterocycles. The maximum atomic E-state index is 12.6. The van der Waals surface area contributed by atoms with Gasteiger partial charge in [0.1, 0.15) is 5.54 Å². The van der Waals surface area contributed by atoms with Crippen molar-refractivity contribution in [1.29, 1.82) is 10.5 Å². The van der Waals surface area contributed by atoms with Crippen molar-refractivity contribution in [1.82, 2.24) is 9.80 Å². The molecule has 1 aliphatic carbocycles. The lowest BCUT2D eigenvalue weighted by atomic mass is 9.80. The van der Waals surface area contributed by atoms with Crippen LogP contribution in [0.5, 0.6) is 0 Å². The van der Waals surface area contributed by atoms with E-state index >= 15 is 0 Å². The standard InChI is InChI=1S/C14H18N4O2/c15-8-4-10-17-12(19)14(6-2-1-3-7-14)18(13(17)20)11-5-9-16/h1-7,10-11H2. The highest BCUT2D eigenvalue weighted by Gasteiger charge is 2.56. The quantitative estimate of drug-likeness (QED) is 0.731. The highest BCUT2D eigenvalue weighted by atomic mass is 16.2. The van der Waals surface area contributed by atoms with E-state index in [9.17, 15) is 9.59 Å². The molecule has 2 aliphatic rings. The smallest absolute Gasteiger partial charge is 0.308 e. The summed E-state index contributed by atoms with van der Waals surface area (Å²) in [5, 5.41) is 17.4. The highest BCUT2D eigenvalue weighted by Crippen LogP contribution is 2.40. The number of carbonyl (C=O) groups excluding carboxylic acids is 2. The summed E-state index contributed by atoms with van der Waals surface area (Å²) in [5.41, 5.74) is -0.748. The van der Waals surface area contributed by atoms with Gasteiger partial charge in [0.15, 0.2) is 0 Å². The molecule has 0 radical (unpaired) electrons. The van der Waals surface area contributed by atoms with E-state index in [-0.39, 0.29) is 31.3 Å². The first-order valence-electron chi connectivity index (χ1n) is 7.05. The van der Waals surface area contributed by atoms with Crippen molar-refractivity contribution in [2.45, 2.75) is 50.5 Å². The summed E-state index contributed by atoms with van der Waals surface area (Å²) in [6, 6.07) is 3.67. The van der Waals surface area contributed by atoms with Gasteiger partial charge in [-0.2, -0.15) is 10.5 Å². The second kappa shape index (κ2) is 5.92. The second-order valence-electron chi connectivity index (χ2n) is 5.30. The van der Waals surface area contributed by atoms with Crippen LogP contribution in [0.25, 0.3) is 0 Å². The molecule has 20 heavy (non-hydrogen) atoms. The molecule has 1 heterocycles. The predicted octanol–water partition coefficient (Wildman–Crippen LogP) is 1.78. The average Bonchev–Trinajstić information content (AvgIpc) is 2.65. The van der Waals surface area contributed by atoms with Gasteiger partial charge in [-0.05, 0) is 12.8 Å². The van der Waals surface area contributed by atoms with Crippen LogP contribution in [0, 0.1) is 22.7 Å². The van der Waals surface area contributed by atoms with E-state index in [0.29, 0.717) is 19.4 Å². The zero-order valence-corrected chi connectivity index (χ0v) is 11.5. The first-order valence-corrected chi connectivity index (χ1v) is 7.05. The van der Waals surface area contributed by atoms with Crippen LogP contribution in [0.15, 0.2) is 0 Å². The maximum Gasteiger partial charge on any atom is 0.327 e. The van der Waals surface area contributed by atoms with Crippen LogP contribution in [0.3, 0.4) is 0 Å². The molecule has 6 heteroatoms. The Morgan fingerprint density at radius 2 is 1.60 bits per heavy atom. The molecule has 0 N–H and O–H groups in total. The van der Waals surface area contributed by atoms with Gasteiger partial charge in [0, 0.05) is 13.1 Å². The molecule has 3 amide bonds. The minimum absolute atomic E-state index is 0.152. The van der Waals surface area contributed by atoms with Crippen LogP contribution in [-0.2, 0) is 4.79 Å². The van der Waals surface area contributed by atoms with Crippen molar-refractivity contribution >= 4 is 11.9 Å².